The van der Waals surface area contributed by atoms with Gasteiger partial charge < -0.3 is 0 Å². The van der Waals surface area contributed by atoms with Crippen LogP contribution in [0.2, 0.25) is 0 Å². The smallest absolute Gasteiger partial charge is 0.0747 e. The Balaban J connectivity index is 1.68. The zero-order chi connectivity index (χ0) is 19.8. The lowest BCUT2D eigenvalue weighted by Gasteiger charge is -2.13. The van der Waals surface area contributed by atoms with Gasteiger partial charge in [0.15, 0.2) is 0 Å². The third-order valence-electron chi connectivity index (χ3n) is 6.86. The van der Waals surface area contributed by atoms with Crippen molar-refractivity contribution < 1.29 is 0 Å². The standard InChI is InChI=1S/C29H19N/c1-17-14-25-24(19-9-3-2-8-18(17)19)15-26-28-23-13-7-6-11-21(23)20-10-4-5-12-22(20)27(28)16-30-29(25)26/h2-14,16H,15H2,1H3. The van der Waals surface area contributed by atoms with Crippen LogP contribution in [0.25, 0.3) is 54.3 Å². The quantitative estimate of drug-likeness (QED) is 0.247. The molecule has 0 spiro atoms. The van der Waals surface area contributed by atoms with Gasteiger partial charge in [0.1, 0.15) is 0 Å². The molecule has 0 aliphatic heterocycles. The highest BCUT2D eigenvalue weighted by Crippen LogP contribution is 2.46. The predicted octanol–water partition coefficient (Wildman–Crippen LogP) is 7.57. The molecule has 140 valence electrons. The van der Waals surface area contributed by atoms with E-state index in [4.69, 9.17) is 4.98 Å². The third kappa shape index (κ3) is 1.95. The van der Waals surface area contributed by atoms with Gasteiger partial charge in [-0.25, -0.2) is 0 Å². The fourth-order valence-electron chi connectivity index (χ4n) is 5.55. The second-order valence-electron chi connectivity index (χ2n) is 8.41. The summed E-state index contributed by atoms with van der Waals surface area (Å²) in [5.74, 6) is 0. The summed E-state index contributed by atoms with van der Waals surface area (Å²) in [6.07, 6.45) is 3.04. The summed E-state index contributed by atoms with van der Waals surface area (Å²) < 4.78 is 0. The molecule has 1 nitrogen and oxygen atoms in total. The zero-order valence-electron chi connectivity index (χ0n) is 16.7. The van der Waals surface area contributed by atoms with E-state index in [9.17, 15) is 0 Å². The Bertz CT molecular complexity index is 1640. The molecule has 0 saturated carbocycles. The van der Waals surface area contributed by atoms with Crippen LogP contribution in [0.15, 0.2) is 85.1 Å². The van der Waals surface area contributed by atoms with E-state index in [2.05, 4.69) is 92.0 Å². The van der Waals surface area contributed by atoms with Crippen molar-refractivity contribution in [3.8, 4) is 11.3 Å². The van der Waals surface area contributed by atoms with Crippen molar-refractivity contribution in [3.63, 3.8) is 0 Å². The number of fused-ring (bicyclic) bond motifs is 12. The van der Waals surface area contributed by atoms with Gasteiger partial charge >= 0.3 is 0 Å². The van der Waals surface area contributed by atoms with E-state index in [0.29, 0.717) is 0 Å². The van der Waals surface area contributed by atoms with Crippen LogP contribution in [-0.2, 0) is 6.42 Å². The first kappa shape index (κ1) is 16.1. The fraction of sp³-hybridized carbons (Fsp3) is 0.0690. The summed E-state index contributed by atoms with van der Waals surface area (Å²) in [7, 11) is 0. The number of hydrogen-bond acceptors (Lipinski definition) is 1. The lowest BCUT2D eigenvalue weighted by Crippen LogP contribution is -1.91. The van der Waals surface area contributed by atoms with Crippen LogP contribution in [0.1, 0.15) is 16.7 Å². The summed E-state index contributed by atoms with van der Waals surface area (Å²) in [5.41, 5.74) is 6.58. The summed E-state index contributed by atoms with van der Waals surface area (Å²) in [4.78, 5) is 5.03. The largest absolute Gasteiger partial charge is 0.255 e. The Labute approximate surface area is 174 Å². The summed E-state index contributed by atoms with van der Waals surface area (Å²) in [5, 5.41) is 10.6. The van der Waals surface area contributed by atoms with Gasteiger partial charge in [-0.1, -0.05) is 72.8 Å². The maximum atomic E-state index is 5.03. The van der Waals surface area contributed by atoms with E-state index >= 15 is 0 Å². The maximum absolute atomic E-state index is 5.03. The molecule has 5 aromatic carbocycles. The van der Waals surface area contributed by atoms with Gasteiger partial charge in [0.2, 0.25) is 0 Å². The number of benzene rings is 5. The Hall–Kier alpha value is -3.71. The number of aromatic nitrogens is 1. The molecule has 0 fully saturated rings. The van der Waals surface area contributed by atoms with Crippen molar-refractivity contribution in [1.82, 2.24) is 4.98 Å². The van der Waals surface area contributed by atoms with Gasteiger partial charge in [-0.15, -0.1) is 0 Å². The van der Waals surface area contributed by atoms with Crippen LogP contribution in [0.3, 0.4) is 0 Å². The highest BCUT2D eigenvalue weighted by molar-refractivity contribution is 6.26. The van der Waals surface area contributed by atoms with Crippen molar-refractivity contribution in [3.05, 3.63) is 102 Å². The van der Waals surface area contributed by atoms with E-state index in [-0.39, 0.29) is 0 Å². The van der Waals surface area contributed by atoms with Gasteiger partial charge in [0.25, 0.3) is 0 Å². The molecule has 1 aromatic heterocycles. The van der Waals surface area contributed by atoms with E-state index in [1.54, 1.807) is 0 Å². The lowest BCUT2D eigenvalue weighted by molar-refractivity contribution is 1.28. The average molecular weight is 381 g/mol. The van der Waals surface area contributed by atoms with Crippen molar-refractivity contribution in [2.75, 3.05) is 0 Å². The van der Waals surface area contributed by atoms with Crippen molar-refractivity contribution in [2.45, 2.75) is 13.3 Å². The molecule has 1 heteroatoms. The lowest BCUT2D eigenvalue weighted by atomic mass is 9.92. The molecule has 0 radical (unpaired) electrons. The van der Waals surface area contributed by atoms with Gasteiger partial charge in [-0.3, -0.25) is 4.98 Å². The highest BCUT2D eigenvalue weighted by Gasteiger charge is 2.26. The zero-order valence-corrected chi connectivity index (χ0v) is 16.7. The molecule has 6 aromatic rings. The molecule has 0 amide bonds. The normalized spacial score (nSPS) is 12.7. The minimum atomic E-state index is 0.943. The Morgan fingerprint density at radius 3 is 1.90 bits per heavy atom. The molecule has 1 heterocycles. The Morgan fingerprint density at radius 1 is 0.600 bits per heavy atom. The molecule has 1 aliphatic rings. The molecular weight excluding hydrogens is 362 g/mol. The number of aryl methyl sites for hydroxylation is 1. The SMILES string of the molecule is Cc1cc2c(c3ccccc13)Cc1c-2ncc2c3ccccc3c3ccccc3c12. The maximum Gasteiger partial charge on any atom is 0.0747 e. The number of hydrogen-bond donors (Lipinski definition) is 0. The molecule has 0 N–H and O–H groups in total. The molecule has 1 aliphatic carbocycles. The van der Waals surface area contributed by atoms with Crippen molar-refractivity contribution in [1.29, 1.82) is 0 Å². The van der Waals surface area contributed by atoms with E-state index in [0.717, 1.165) is 12.1 Å². The third-order valence-corrected chi connectivity index (χ3v) is 6.86. The summed E-state index contributed by atoms with van der Waals surface area (Å²) in [6.45, 7) is 2.21. The Morgan fingerprint density at radius 2 is 1.17 bits per heavy atom. The first-order valence-electron chi connectivity index (χ1n) is 10.5. The minimum absolute atomic E-state index is 0.943. The molecule has 0 atom stereocenters. The van der Waals surface area contributed by atoms with Crippen LogP contribution in [0, 0.1) is 6.92 Å². The fourth-order valence-corrected chi connectivity index (χ4v) is 5.55. The van der Waals surface area contributed by atoms with Crippen LogP contribution >= 0.6 is 0 Å². The second-order valence-corrected chi connectivity index (χ2v) is 8.41. The summed E-state index contributed by atoms with van der Waals surface area (Å²) in [6, 6.07) is 28.7. The molecule has 30 heavy (non-hydrogen) atoms. The van der Waals surface area contributed by atoms with Gasteiger partial charge in [-0.2, -0.15) is 0 Å². The van der Waals surface area contributed by atoms with Gasteiger partial charge in [0, 0.05) is 23.6 Å². The molecule has 7 rings (SSSR count). The van der Waals surface area contributed by atoms with Crippen molar-refractivity contribution in [2.24, 2.45) is 0 Å². The first-order valence-corrected chi connectivity index (χ1v) is 10.5. The predicted molar refractivity (Wildman–Crippen MR) is 127 cm³/mol. The monoisotopic (exact) mass is 381 g/mol. The topological polar surface area (TPSA) is 12.9 Å². The minimum Gasteiger partial charge on any atom is -0.255 e. The van der Waals surface area contributed by atoms with Crippen LogP contribution in [0.5, 0.6) is 0 Å². The van der Waals surface area contributed by atoms with Crippen LogP contribution < -0.4 is 0 Å². The molecular formula is C29H19N. The van der Waals surface area contributed by atoms with E-state index in [1.165, 1.54) is 65.3 Å². The van der Waals surface area contributed by atoms with Crippen LogP contribution in [0.4, 0.5) is 0 Å². The second kappa shape index (κ2) is 5.67. The molecule has 0 unspecified atom stereocenters. The highest BCUT2D eigenvalue weighted by atomic mass is 14.7. The molecule has 0 saturated heterocycles. The van der Waals surface area contributed by atoms with E-state index in [1.807, 2.05) is 0 Å². The van der Waals surface area contributed by atoms with Crippen LogP contribution in [-0.4, -0.2) is 4.98 Å². The summed E-state index contributed by atoms with van der Waals surface area (Å²) >= 11 is 0. The van der Waals surface area contributed by atoms with E-state index < -0.39 is 0 Å². The number of nitrogens with zero attached hydrogens (tertiary/aromatic N) is 1. The Kier molecular flexibility index (Phi) is 3.05. The number of rotatable bonds is 0. The van der Waals surface area contributed by atoms with Gasteiger partial charge in [0.05, 0.1) is 5.69 Å². The first-order chi connectivity index (χ1) is 14.8. The number of pyridine rings is 1. The average Bonchev–Trinajstić information content (AvgIpc) is 3.18. The molecule has 0 bridgehead atoms. The van der Waals surface area contributed by atoms with Crippen molar-refractivity contribution >= 4 is 43.1 Å². The van der Waals surface area contributed by atoms with Gasteiger partial charge in [-0.05, 0) is 67.4 Å².